The fourth-order valence-electron chi connectivity index (χ4n) is 8.54. The highest BCUT2D eigenvalue weighted by Crippen LogP contribution is 2.42. The molecule has 4 aliphatic heterocycles. The van der Waals surface area contributed by atoms with Crippen LogP contribution in [0.15, 0.2) is 47.5 Å². The first-order valence-corrected chi connectivity index (χ1v) is 18.4. The zero-order chi connectivity index (χ0) is 33.2. The molecule has 2 aromatic heterocycles. The summed E-state index contributed by atoms with van der Waals surface area (Å²) in [5.74, 6) is 0.116. The first-order valence-electron chi connectivity index (χ1n) is 17.2. The van der Waals surface area contributed by atoms with Gasteiger partial charge in [0.15, 0.2) is 5.82 Å². The average molecular weight is 671 g/mol. The van der Waals surface area contributed by atoms with Crippen LogP contribution < -0.4 is 9.64 Å². The van der Waals surface area contributed by atoms with Gasteiger partial charge in [-0.2, -0.15) is 9.97 Å². The minimum atomic E-state index is -0.571. The van der Waals surface area contributed by atoms with Crippen molar-refractivity contribution in [3.05, 3.63) is 48.4 Å². The molecule has 0 radical (unpaired) electrons. The summed E-state index contributed by atoms with van der Waals surface area (Å²) in [5.41, 5.74) is 0.618. The Balaban J connectivity index is 1.21. The Labute approximate surface area is 285 Å². The van der Waals surface area contributed by atoms with Gasteiger partial charge in [-0.1, -0.05) is 30.3 Å². The highest BCUT2D eigenvalue weighted by atomic mass is 32.2. The van der Waals surface area contributed by atoms with E-state index in [0.29, 0.717) is 30.9 Å². The molecule has 0 aliphatic carbocycles. The molecule has 4 fully saturated rings. The number of hydrogen-bond acceptors (Lipinski definition) is 9. The van der Waals surface area contributed by atoms with Crippen molar-refractivity contribution >= 4 is 45.3 Å². The van der Waals surface area contributed by atoms with Crippen LogP contribution in [-0.4, -0.2) is 93.1 Å². The Hall–Kier alpha value is -3.70. The van der Waals surface area contributed by atoms with Gasteiger partial charge >= 0.3 is 12.1 Å². The van der Waals surface area contributed by atoms with Crippen LogP contribution in [0.25, 0.3) is 32.9 Å². The van der Waals surface area contributed by atoms with Gasteiger partial charge in [-0.15, -0.1) is 11.8 Å². The van der Waals surface area contributed by atoms with Crippen molar-refractivity contribution in [1.29, 1.82) is 0 Å². The summed E-state index contributed by atoms with van der Waals surface area (Å²) < 4.78 is 29.2. The van der Waals surface area contributed by atoms with Gasteiger partial charge in [0.25, 0.3) is 0 Å². The van der Waals surface area contributed by atoms with Gasteiger partial charge in [0.1, 0.15) is 29.2 Å². The normalized spacial score (nSPS) is 22.1. The van der Waals surface area contributed by atoms with Crippen molar-refractivity contribution in [2.75, 3.05) is 43.9 Å². The summed E-state index contributed by atoms with van der Waals surface area (Å²) >= 11 is 1.63. The lowest BCUT2D eigenvalue weighted by Gasteiger charge is -2.42. The number of hydrogen-bond donors (Lipinski definition) is 0. The molecule has 48 heavy (non-hydrogen) atoms. The van der Waals surface area contributed by atoms with E-state index in [2.05, 4.69) is 15.9 Å². The average Bonchev–Trinajstić information content (AvgIpc) is 3.73. The van der Waals surface area contributed by atoms with Gasteiger partial charge in [0, 0.05) is 35.1 Å². The van der Waals surface area contributed by atoms with E-state index in [1.54, 1.807) is 18.0 Å². The van der Waals surface area contributed by atoms with E-state index in [-0.39, 0.29) is 40.9 Å². The molecule has 4 aliphatic rings. The van der Waals surface area contributed by atoms with Gasteiger partial charge in [-0.05, 0) is 90.1 Å². The van der Waals surface area contributed by atoms with Gasteiger partial charge in [-0.3, -0.25) is 14.8 Å². The number of anilines is 1. The molecule has 8 rings (SSSR count). The number of ether oxygens (including phenoxy) is 2. The summed E-state index contributed by atoms with van der Waals surface area (Å²) in [6.07, 6.45) is 9.71. The van der Waals surface area contributed by atoms with Gasteiger partial charge in [0.2, 0.25) is 0 Å². The van der Waals surface area contributed by atoms with Crippen molar-refractivity contribution in [2.45, 2.75) is 87.4 Å². The van der Waals surface area contributed by atoms with Gasteiger partial charge in [-0.25, -0.2) is 9.18 Å². The minimum absolute atomic E-state index is 0.00421. The largest absolute Gasteiger partial charge is 0.461 e. The molecule has 1 amide bonds. The number of carbonyl (C=O) groups excluding carboxylic acids is 1. The molecule has 6 heterocycles. The number of fused-ring (bicyclic) bond motifs is 5. The fourth-order valence-corrected chi connectivity index (χ4v) is 9.18. The molecular weight excluding hydrogens is 628 g/mol. The number of nitrogens with zero attached hydrogens (tertiary/aromatic N) is 6. The second-order valence-corrected chi connectivity index (χ2v) is 15.6. The topological polar surface area (TPSA) is 83.9 Å². The molecule has 2 unspecified atom stereocenters. The number of benzene rings is 2. The Morgan fingerprint density at radius 2 is 1.75 bits per heavy atom. The van der Waals surface area contributed by atoms with E-state index in [9.17, 15) is 4.79 Å². The number of thioether (sulfide) groups is 1. The summed E-state index contributed by atoms with van der Waals surface area (Å²) in [7, 11) is 0. The number of halogens is 1. The number of aromatic nitrogens is 3. The molecule has 9 nitrogen and oxygen atoms in total. The number of carbonyl (C=O) groups is 1. The van der Waals surface area contributed by atoms with Crippen LogP contribution >= 0.6 is 11.8 Å². The van der Waals surface area contributed by atoms with E-state index in [0.717, 1.165) is 72.8 Å². The van der Waals surface area contributed by atoms with Crippen LogP contribution in [0, 0.1) is 5.82 Å². The number of rotatable bonds is 6. The number of piperazine rings is 1. The molecule has 2 aromatic carbocycles. The Bertz CT molecular complexity index is 1870. The summed E-state index contributed by atoms with van der Waals surface area (Å²) in [6, 6.07) is 12.2. The molecule has 4 aromatic rings. The van der Waals surface area contributed by atoms with E-state index in [4.69, 9.17) is 24.4 Å². The molecule has 0 N–H and O–H groups in total. The maximum atomic E-state index is 17.0. The van der Waals surface area contributed by atoms with Crippen molar-refractivity contribution in [3.63, 3.8) is 0 Å². The van der Waals surface area contributed by atoms with Crippen LogP contribution in [0.2, 0.25) is 0 Å². The zero-order valence-corrected chi connectivity index (χ0v) is 29.0. The number of pyridine rings is 1. The van der Waals surface area contributed by atoms with Crippen LogP contribution in [0.1, 0.15) is 59.3 Å². The molecule has 2 bridgehead atoms. The Morgan fingerprint density at radius 3 is 2.44 bits per heavy atom. The predicted molar refractivity (Wildman–Crippen MR) is 187 cm³/mol. The standard InChI is InChI=1S/C37H43FN6O3S/c1-36(2,3)47-35(45)44-24-13-14-25(44)21-42(20-24)33-27-19-39-31(26-11-5-9-23-10-6-12-28(48-4)29(23)26)30(38)32(27)40-34(41-33)46-22-37-15-7-17-43(37)18-8-16-37/h5-6,9-12,19,24-25H,7-8,13-18,20-22H2,1-4H3. The first kappa shape index (κ1) is 31.6. The lowest BCUT2D eigenvalue weighted by atomic mass is 9.95. The second-order valence-electron chi connectivity index (χ2n) is 14.8. The molecular formula is C37H43FN6O3S. The molecule has 252 valence electrons. The first-order chi connectivity index (χ1) is 23.1. The fraction of sp³-hybridized carbons (Fsp3) is 0.514. The number of amides is 1. The highest BCUT2D eigenvalue weighted by molar-refractivity contribution is 7.98. The van der Waals surface area contributed by atoms with E-state index < -0.39 is 11.4 Å². The smallest absolute Gasteiger partial charge is 0.410 e. The van der Waals surface area contributed by atoms with Crippen LogP contribution in [-0.2, 0) is 4.74 Å². The van der Waals surface area contributed by atoms with Crippen molar-refractivity contribution in [2.24, 2.45) is 0 Å². The third-order valence-electron chi connectivity index (χ3n) is 10.7. The predicted octanol–water partition coefficient (Wildman–Crippen LogP) is 7.30. The summed E-state index contributed by atoms with van der Waals surface area (Å²) in [4.78, 5) is 35.4. The van der Waals surface area contributed by atoms with E-state index >= 15 is 4.39 Å². The Morgan fingerprint density at radius 1 is 1.04 bits per heavy atom. The quantitative estimate of drug-likeness (QED) is 0.196. The van der Waals surface area contributed by atoms with Crippen LogP contribution in [0.4, 0.5) is 15.0 Å². The van der Waals surface area contributed by atoms with Gasteiger partial charge < -0.3 is 14.4 Å². The monoisotopic (exact) mass is 670 g/mol. The van der Waals surface area contributed by atoms with Crippen LogP contribution in [0.5, 0.6) is 6.01 Å². The Kier molecular flexibility index (Phi) is 7.90. The van der Waals surface area contributed by atoms with Crippen molar-refractivity contribution in [3.8, 4) is 17.3 Å². The molecule has 0 spiro atoms. The SMILES string of the molecule is CSc1cccc2cccc(-c3ncc4c(N5CC6CCC(C5)N6C(=O)OC(C)(C)C)nc(OCC56CCCN5CCC6)nc4c3F)c12. The minimum Gasteiger partial charge on any atom is -0.461 e. The third-order valence-corrected chi connectivity index (χ3v) is 11.4. The molecule has 11 heteroatoms. The van der Waals surface area contributed by atoms with Crippen molar-refractivity contribution < 1.29 is 18.7 Å². The van der Waals surface area contributed by atoms with Gasteiger partial charge in [0.05, 0.1) is 23.0 Å². The highest BCUT2D eigenvalue weighted by Gasteiger charge is 2.46. The maximum absolute atomic E-state index is 17.0. The van der Waals surface area contributed by atoms with E-state index in [1.165, 1.54) is 0 Å². The van der Waals surface area contributed by atoms with Crippen molar-refractivity contribution in [1.82, 2.24) is 24.8 Å². The lowest BCUT2D eigenvalue weighted by molar-refractivity contribution is 0.0122. The third kappa shape index (κ3) is 5.43. The maximum Gasteiger partial charge on any atom is 0.410 e. The molecule has 4 saturated heterocycles. The van der Waals surface area contributed by atoms with Crippen LogP contribution in [0.3, 0.4) is 0 Å². The summed E-state index contributed by atoms with van der Waals surface area (Å²) in [5, 5.41) is 2.55. The molecule has 0 saturated carbocycles. The lowest BCUT2D eigenvalue weighted by Crippen LogP contribution is -2.57. The molecule has 2 atom stereocenters. The zero-order valence-electron chi connectivity index (χ0n) is 28.2. The second kappa shape index (κ2) is 12.0. The van der Waals surface area contributed by atoms with E-state index in [1.807, 2.05) is 62.3 Å². The summed E-state index contributed by atoms with van der Waals surface area (Å²) in [6.45, 7) is 9.45.